The van der Waals surface area contributed by atoms with Crippen LogP contribution in [0.4, 0.5) is 9.59 Å². The quantitative estimate of drug-likeness (QED) is 0.0869. The van der Waals surface area contributed by atoms with Crippen LogP contribution in [0, 0.1) is 0 Å². The minimum absolute atomic E-state index is 0.174. The molecule has 182 valence electrons. The summed E-state index contributed by atoms with van der Waals surface area (Å²) < 4.78 is 10.3. The lowest BCUT2D eigenvalue weighted by Crippen LogP contribution is -2.42. The highest BCUT2D eigenvalue weighted by Gasteiger charge is 2.20. The third kappa shape index (κ3) is 8.08. The first kappa shape index (κ1) is 25.6. The van der Waals surface area contributed by atoms with E-state index in [0.29, 0.717) is 23.2 Å². The zero-order chi connectivity index (χ0) is 24.6. The predicted octanol–water partition coefficient (Wildman–Crippen LogP) is 3.49. The van der Waals surface area contributed by atoms with Gasteiger partial charge in [0, 0.05) is 18.5 Å². The van der Waals surface area contributed by atoms with Crippen LogP contribution in [0.2, 0.25) is 0 Å². The molecule has 0 saturated heterocycles. The number of rotatable bonds is 9. The van der Waals surface area contributed by atoms with Crippen molar-refractivity contribution in [2.24, 2.45) is 5.84 Å². The number of ether oxygens (including phenoxy) is 2. The maximum atomic E-state index is 12.0. The zero-order valence-electron chi connectivity index (χ0n) is 19.0. The summed E-state index contributed by atoms with van der Waals surface area (Å²) in [5.74, 6) is 6.35. The van der Waals surface area contributed by atoms with Crippen molar-refractivity contribution < 1.29 is 23.9 Å². The smallest absolute Gasteiger partial charge is 0.443 e. The Kier molecular flexibility index (Phi) is 8.96. The third-order valence-corrected chi connectivity index (χ3v) is 6.31. The highest BCUT2D eigenvalue weighted by Crippen LogP contribution is 2.28. The number of benzene rings is 1. The second kappa shape index (κ2) is 11.9. The average molecular weight is 507 g/mol. The Bertz CT molecular complexity index is 1110. The Morgan fingerprint density at radius 3 is 2.76 bits per heavy atom. The number of hydrogen-bond donors (Lipinski definition) is 1. The van der Waals surface area contributed by atoms with Gasteiger partial charge in [-0.15, -0.1) is 5.10 Å². The summed E-state index contributed by atoms with van der Waals surface area (Å²) in [6.07, 6.45) is 0.727. The number of fused-ring (bicyclic) bond motifs is 1. The number of hydrazine groups is 1. The molecular formula is C21H26N6O5S2. The number of aromatic nitrogens is 4. The van der Waals surface area contributed by atoms with Crippen LogP contribution in [0.3, 0.4) is 0 Å². The van der Waals surface area contributed by atoms with E-state index in [-0.39, 0.29) is 13.2 Å². The lowest BCUT2D eigenvalue weighted by atomic mass is 10.1. The molecule has 1 amide bonds. The number of hydrogen-bond acceptors (Lipinski definition) is 11. The van der Waals surface area contributed by atoms with E-state index in [1.165, 1.54) is 21.6 Å². The monoisotopic (exact) mass is 506 g/mol. The summed E-state index contributed by atoms with van der Waals surface area (Å²) in [6.45, 7) is 5.75. The Balaban J connectivity index is 1.44. The summed E-state index contributed by atoms with van der Waals surface area (Å²) in [5, 5.41) is 9.77. The van der Waals surface area contributed by atoms with E-state index < -0.39 is 17.8 Å². The second-order valence-electron chi connectivity index (χ2n) is 7.97. The van der Waals surface area contributed by atoms with Crippen LogP contribution in [0.25, 0.3) is 11.0 Å². The zero-order valence-corrected chi connectivity index (χ0v) is 20.7. The summed E-state index contributed by atoms with van der Waals surface area (Å²) >= 11 is 0. The van der Waals surface area contributed by atoms with Gasteiger partial charge in [0.2, 0.25) is 0 Å². The molecule has 0 aliphatic heterocycles. The van der Waals surface area contributed by atoms with Crippen LogP contribution < -0.4 is 10.7 Å². The van der Waals surface area contributed by atoms with Crippen molar-refractivity contribution in [3.63, 3.8) is 0 Å². The largest absolute Gasteiger partial charge is 0.535 e. The lowest BCUT2D eigenvalue weighted by Gasteiger charge is -2.24. The predicted molar refractivity (Wildman–Crippen MR) is 129 cm³/mol. The molecule has 2 aromatic heterocycles. The van der Waals surface area contributed by atoms with Gasteiger partial charge >= 0.3 is 12.2 Å². The van der Waals surface area contributed by atoms with E-state index in [1.807, 2.05) is 24.3 Å². The molecule has 0 radical (unpaired) electrons. The number of amides is 1. The van der Waals surface area contributed by atoms with Crippen molar-refractivity contribution >= 4 is 44.9 Å². The van der Waals surface area contributed by atoms with Gasteiger partial charge in [-0.05, 0) is 73.0 Å². The third-order valence-electron chi connectivity index (χ3n) is 4.08. The van der Waals surface area contributed by atoms with E-state index in [4.69, 9.17) is 20.2 Å². The summed E-state index contributed by atoms with van der Waals surface area (Å²) in [7, 11) is 3.02. The van der Waals surface area contributed by atoms with Crippen LogP contribution >= 0.6 is 21.6 Å². The molecule has 0 unspecified atom stereocenters. The molecule has 0 spiro atoms. The first-order valence-corrected chi connectivity index (χ1v) is 12.7. The normalized spacial score (nSPS) is 11.3. The van der Waals surface area contributed by atoms with Gasteiger partial charge in [-0.1, -0.05) is 27.8 Å². The van der Waals surface area contributed by atoms with E-state index >= 15 is 0 Å². The molecule has 11 nitrogen and oxygen atoms in total. The molecule has 0 fully saturated rings. The van der Waals surface area contributed by atoms with Gasteiger partial charge in [-0.2, -0.15) is 0 Å². The first-order valence-electron chi connectivity index (χ1n) is 10.4. The van der Waals surface area contributed by atoms with Crippen LogP contribution in [0.5, 0.6) is 0 Å². The number of carbonyl (C=O) groups is 2. The van der Waals surface area contributed by atoms with Crippen molar-refractivity contribution in [2.45, 2.75) is 37.8 Å². The average Bonchev–Trinajstić information content (AvgIpc) is 3.18. The second-order valence-corrected chi connectivity index (χ2v) is 10.4. The van der Waals surface area contributed by atoms with Gasteiger partial charge in [0.25, 0.3) is 0 Å². The van der Waals surface area contributed by atoms with Gasteiger partial charge in [0.15, 0.2) is 0 Å². The molecule has 3 rings (SSSR count). The van der Waals surface area contributed by atoms with Crippen LogP contribution in [0.15, 0.2) is 47.6 Å². The Morgan fingerprint density at radius 2 is 2.03 bits per heavy atom. The van der Waals surface area contributed by atoms with Crippen molar-refractivity contribution in [3.8, 4) is 0 Å². The molecule has 0 aliphatic rings. The first-order chi connectivity index (χ1) is 16.2. The van der Waals surface area contributed by atoms with Gasteiger partial charge in [-0.25, -0.2) is 25.4 Å². The number of carbonyl (C=O) groups excluding carboxylic acids is 2. The summed E-state index contributed by atoms with van der Waals surface area (Å²) in [6, 6.07) is 11.0. The topological polar surface area (TPSA) is 135 Å². The molecule has 34 heavy (non-hydrogen) atoms. The van der Waals surface area contributed by atoms with Crippen molar-refractivity contribution in [2.75, 3.05) is 18.9 Å². The SMILES string of the molecule is CC(C)(C)OC(=O)N(N)CCc1ccc2c(c1)nnn2OC(=O)OCCSSc1ccccn1. The molecular weight excluding hydrogens is 480 g/mol. The molecule has 0 aliphatic carbocycles. The van der Waals surface area contributed by atoms with Crippen molar-refractivity contribution in [1.29, 1.82) is 0 Å². The van der Waals surface area contributed by atoms with Crippen molar-refractivity contribution in [3.05, 3.63) is 48.2 Å². The minimum Gasteiger partial charge on any atom is -0.443 e. The van der Waals surface area contributed by atoms with Crippen molar-refractivity contribution in [1.82, 2.24) is 25.2 Å². The number of nitrogens with zero attached hydrogens (tertiary/aromatic N) is 5. The van der Waals surface area contributed by atoms with E-state index in [1.54, 1.807) is 39.1 Å². The highest BCUT2D eigenvalue weighted by molar-refractivity contribution is 8.76. The fourth-order valence-electron chi connectivity index (χ4n) is 2.59. The Hall–Kier alpha value is -3.03. The fourth-order valence-corrected chi connectivity index (χ4v) is 4.29. The molecule has 2 N–H and O–H groups in total. The van der Waals surface area contributed by atoms with Gasteiger partial charge in [0.05, 0.1) is 0 Å². The Labute approximate surface area is 204 Å². The molecule has 0 bridgehead atoms. The van der Waals surface area contributed by atoms with Crippen LogP contribution in [0.1, 0.15) is 26.3 Å². The number of pyridine rings is 1. The standard InChI is InChI=1S/C21H26N6O5S2/c1-21(2,3)31-19(28)26(22)11-9-15-7-8-17-16(14-15)24-25-27(17)32-20(29)30-12-13-33-34-18-6-4-5-10-23-18/h4-8,10,14H,9,11-13,22H2,1-3H3. The Morgan fingerprint density at radius 1 is 1.21 bits per heavy atom. The fraction of sp³-hybridized carbons (Fsp3) is 0.381. The van der Waals surface area contributed by atoms with E-state index in [9.17, 15) is 9.59 Å². The highest BCUT2D eigenvalue weighted by atomic mass is 33.1. The summed E-state index contributed by atoms with van der Waals surface area (Å²) in [4.78, 5) is 34.3. The number of nitrogens with two attached hydrogens (primary N) is 1. The maximum Gasteiger partial charge on any atom is 0.535 e. The molecule has 13 heteroatoms. The van der Waals surface area contributed by atoms with Crippen LogP contribution in [-0.2, 0) is 15.9 Å². The molecule has 3 aromatic rings. The lowest BCUT2D eigenvalue weighted by molar-refractivity contribution is 0.0249. The van der Waals surface area contributed by atoms with Gasteiger partial charge < -0.3 is 9.47 Å². The van der Waals surface area contributed by atoms with E-state index in [2.05, 4.69) is 15.3 Å². The molecule has 0 saturated carbocycles. The van der Waals surface area contributed by atoms with Gasteiger partial charge in [-0.3, -0.25) is 4.84 Å². The van der Waals surface area contributed by atoms with Crippen LogP contribution in [-0.4, -0.2) is 61.9 Å². The molecule has 2 heterocycles. The van der Waals surface area contributed by atoms with Gasteiger partial charge in [0.1, 0.15) is 28.3 Å². The molecule has 1 aromatic carbocycles. The summed E-state index contributed by atoms with van der Waals surface area (Å²) in [5.41, 5.74) is 1.28. The van der Waals surface area contributed by atoms with E-state index in [0.717, 1.165) is 20.4 Å². The minimum atomic E-state index is -0.879. The maximum absolute atomic E-state index is 12.0. The molecule has 0 atom stereocenters.